The molecule has 0 amide bonds. The summed E-state index contributed by atoms with van der Waals surface area (Å²) >= 11 is 0. The molecule has 2 N–H and O–H groups in total. The Morgan fingerprint density at radius 3 is 2.40 bits per heavy atom. The molecular weight excluding hydrogens is 190 g/mol. The van der Waals surface area contributed by atoms with Crippen molar-refractivity contribution in [2.24, 2.45) is 5.73 Å². The maximum Gasteiger partial charge on any atom is 0.118 e. The van der Waals surface area contributed by atoms with Crippen molar-refractivity contribution in [3.8, 4) is 5.75 Å². The molecule has 1 aromatic carbocycles. The van der Waals surface area contributed by atoms with Crippen molar-refractivity contribution < 1.29 is 9.47 Å². The third-order valence-corrected chi connectivity index (χ3v) is 2.34. The zero-order valence-corrected chi connectivity index (χ0v) is 9.40. The Bertz CT molecular complexity index is 271. The van der Waals surface area contributed by atoms with Crippen LogP contribution in [0.5, 0.6) is 5.75 Å². The quantitative estimate of drug-likeness (QED) is 0.774. The maximum atomic E-state index is 5.84. The molecular formula is C12H19NO2. The number of hydrogen-bond donors (Lipinski definition) is 1. The lowest BCUT2D eigenvalue weighted by atomic mass is 10.1. The Kier molecular flexibility index (Phi) is 5.15. The minimum absolute atomic E-state index is 0.122. The Hall–Kier alpha value is -1.06. The number of aryl methyl sites for hydroxylation is 1. The van der Waals surface area contributed by atoms with E-state index in [9.17, 15) is 0 Å². The standard InChI is InChI=1S/C12H19NO2/c1-14-9-11(13)6-3-10-4-7-12(15-2)8-5-10/h4-5,7-8,11H,3,6,9,13H2,1-2H3. The number of ether oxygens (including phenoxy) is 2. The molecule has 0 aliphatic rings. The number of benzene rings is 1. The van der Waals surface area contributed by atoms with Crippen LogP contribution in [0, 0.1) is 0 Å². The van der Waals surface area contributed by atoms with Gasteiger partial charge in [0.05, 0.1) is 13.7 Å². The highest BCUT2D eigenvalue weighted by molar-refractivity contribution is 5.27. The van der Waals surface area contributed by atoms with Crippen LogP contribution in [-0.2, 0) is 11.2 Å². The molecule has 1 aromatic rings. The molecule has 0 aliphatic heterocycles. The summed E-state index contributed by atoms with van der Waals surface area (Å²) in [4.78, 5) is 0. The zero-order valence-electron chi connectivity index (χ0n) is 9.40. The van der Waals surface area contributed by atoms with Gasteiger partial charge in [0, 0.05) is 13.2 Å². The Morgan fingerprint density at radius 2 is 1.87 bits per heavy atom. The van der Waals surface area contributed by atoms with Gasteiger partial charge in [-0.05, 0) is 30.5 Å². The molecule has 0 aromatic heterocycles. The van der Waals surface area contributed by atoms with Gasteiger partial charge in [-0.1, -0.05) is 12.1 Å². The molecule has 0 bridgehead atoms. The van der Waals surface area contributed by atoms with Gasteiger partial charge in [0.15, 0.2) is 0 Å². The van der Waals surface area contributed by atoms with Crippen molar-refractivity contribution in [3.63, 3.8) is 0 Å². The van der Waals surface area contributed by atoms with Crippen LogP contribution in [0.4, 0.5) is 0 Å². The van der Waals surface area contributed by atoms with E-state index < -0.39 is 0 Å². The molecule has 1 rings (SSSR count). The van der Waals surface area contributed by atoms with Gasteiger partial charge >= 0.3 is 0 Å². The summed E-state index contributed by atoms with van der Waals surface area (Å²) in [6, 6.07) is 8.20. The van der Waals surface area contributed by atoms with Crippen LogP contribution in [0.3, 0.4) is 0 Å². The monoisotopic (exact) mass is 209 g/mol. The molecule has 0 heterocycles. The van der Waals surface area contributed by atoms with E-state index in [2.05, 4.69) is 12.1 Å². The zero-order chi connectivity index (χ0) is 11.1. The van der Waals surface area contributed by atoms with Crippen molar-refractivity contribution in [1.29, 1.82) is 0 Å². The van der Waals surface area contributed by atoms with Crippen molar-refractivity contribution >= 4 is 0 Å². The Morgan fingerprint density at radius 1 is 1.20 bits per heavy atom. The first-order valence-electron chi connectivity index (χ1n) is 5.13. The molecule has 15 heavy (non-hydrogen) atoms. The fourth-order valence-electron chi connectivity index (χ4n) is 1.44. The van der Waals surface area contributed by atoms with E-state index >= 15 is 0 Å². The molecule has 0 saturated heterocycles. The second kappa shape index (κ2) is 6.43. The maximum absolute atomic E-state index is 5.84. The summed E-state index contributed by atoms with van der Waals surface area (Å²) in [5.41, 5.74) is 7.12. The fraction of sp³-hybridized carbons (Fsp3) is 0.500. The van der Waals surface area contributed by atoms with Crippen molar-refractivity contribution in [1.82, 2.24) is 0 Å². The van der Waals surface area contributed by atoms with E-state index in [0.29, 0.717) is 6.61 Å². The van der Waals surface area contributed by atoms with Gasteiger partial charge in [-0.15, -0.1) is 0 Å². The molecule has 0 saturated carbocycles. The first-order valence-corrected chi connectivity index (χ1v) is 5.13. The lowest BCUT2D eigenvalue weighted by Gasteiger charge is -2.10. The molecule has 0 aliphatic carbocycles. The number of rotatable bonds is 6. The normalized spacial score (nSPS) is 12.5. The van der Waals surface area contributed by atoms with E-state index in [1.165, 1.54) is 5.56 Å². The molecule has 84 valence electrons. The summed E-state index contributed by atoms with van der Waals surface area (Å²) in [5, 5.41) is 0. The second-order valence-electron chi connectivity index (χ2n) is 3.60. The van der Waals surface area contributed by atoms with Gasteiger partial charge in [-0.25, -0.2) is 0 Å². The highest BCUT2D eigenvalue weighted by atomic mass is 16.5. The number of hydrogen-bond acceptors (Lipinski definition) is 3. The predicted octanol–water partition coefficient (Wildman–Crippen LogP) is 1.60. The van der Waals surface area contributed by atoms with E-state index in [-0.39, 0.29) is 6.04 Å². The Balaban J connectivity index is 2.37. The summed E-state index contributed by atoms with van der Waals surface area (Å²) in [5.74, 6) is 0.889. The van der Waals surface area contributed by atoms with E-state index in [4.69, 9.17) is 15.2 Å². The van der Waals surface area contributed by atoms with Gasteiger partial charge in [0.1, 0.15) is 5.75 Å². The largest absolute Gasteiger partial charge is 0.497 e. The van der Waals surface area contributed by atoms with Crippen LogP contribution in [0.25, 0.3) is 0 Å². The third kappa shape index (κ3) is 4.32. The lowest BCUT2D eigenvalue weighted by Crippen LogP contribution is -2.26. The minimum Gasteiger partial charge on any atom is -0.497 e. The van der Waals surface area contributed by atoms with Crippen LogP contribution in [-0.4, -0.2) is 26.9 Å². The molecule has 0 radical (unpaired) electrons. The highest BCUT2D eigenvalue weighted by Crippen LogP contribution is 2.12. The van der Waals surface area contributed by atoms with Crippen molar-refractivity contribution in [2.75, 3.05) is 20.8 Å². The van der Waals surface area contributed by atoms with Crippen molar-refractivity contribution in [2.45, 2.75) is 18.9 Å². The molecule has 0 spiro atoms. The average Bonchev–Trinajstić information content (AvgIpc) is 2.27. The van der Waals surface area contributed by atoms with Crippen LogP contribution >= 0.6 is 0 Å². The second-order valence-corrected chi connectivity index (χ2v) is 3.60. The minimum atomic E-state index is 0.122. The summed E-state index contributed by atoms with van der Waals surface area (Å²) in [6.07, 6.45) is 1.93. The summed E-state index contributed by atoms with van der Waals surface area (Å²) in [7, 11) is 3.34. The first-order chi connectivity index (χ1) is 7.26. The van der Waals surface area contributed by atoms with E-state index in [1.807, 2.05) is 12.1 Å². The summed E-state index contributed by atoms with van der Waals surface area (Å²) in [6.45, 7) is 0.621. The number of nitrogens with two attached hydrogens (primary N) is 1. The van der Waals surface area contributed by atoms with Crippen LogP contribution in [0.2, 0.25) is 0 Å². The van der Waals surface area contributed by atoms with E-state index in [0.717, 1.165) is 18.6 Å². The van der Waals surface area contributed by atoms with E-state index in [1.54, 1.807) is 14.2 Å². The smallest absolute Gasteiger partial charge is 0.118 e. The molecule has 3 heteroatoms. The van der Waals surface area contributed by atoms with Crippen LogP contribution in [0.15, 0.2) is 24.3 Å². The highest BCUT2D eigenvalue weighted by Gasteiger charge is 2.02. The van der Waals surface area contributed by atoms with Crippen LogP contribution < -0.4 is 10.5 Å². The van der Waals surface area contributed by atoms with Gasteiger partial charge < -0.3 is 15.2 Å². The van der Waals surface area contributed by atoms with Gasteiger partial charge in [-0.3, -0.25) is 0 Å². The molecule has 1 atom stereocenters. The van der Waals surface area contributed by atoms with Crippen LogP contribution in [0.1, 0.15) is 12.0 Å². The van der Waals surface area contributed by atoms with Gasteiger partial charge in [-0.2, -0.15) is 0 Å². The third-order valence-electron chi connectivity index (χ3n) is 2.34. The van der Waals surface area contributed by atoms with Gasteiger partial charge in [0.2, 0.25) is 0 Å². The topological polar surface area (TPSA) is 44.5 Å². The predicted molar refractivity (Wildman–Crippen MR) is 61.2 cm³/mol. The van der Waals surface area contributed by atoms with Gasteiger partial charge in [0.25, 0.3) is 0 Å². The SMILES string of the molecule is COCC(N)CCc1ccc(OC)cc1. The lowest BCUT2D eigenvalue weighted by molar-refractivity contribution is 0.177. The number of methoxy groups -OCH3 is 2. The average molecular weight is 209 g/mol. The molecule has 1 unspecified atom stereocenters. The van der Waals surface area contributed by atoms with Crippen molar-refractivity contribution in [3.05, 3.63) is 29.8 Å². The first kappa shape index (κ1) is 12.0. The molecule has 3 nitrogen and oxygen atoms in total. The summed E-state index contributed by atoms with van der Waals surface area (Å²) < 4.78 is 10.1. The molecule has 0 fully saturated rings. The fourth-order valence-corrected chi connectivity index (χ4v) is 1.44. The Labute approximate surface area is 91.2 Å².